The lowest BCUT2D eigenvalue weighted by Crippen LogP contribution is -2.25. The van der Waals surface area contributed by atoms with Gasteiger partial charge < -0.3 is 14.5 Å². The Hall–Kier alpha value is -2.86. The minimum atomic E-state index is -1.27. The van der Waals surface area contributed by atoms with E-state index in [9.17, 15) is 14.7 Å². The van der Waals surface area contributed by atoms with Gasteiger partial charge in [-0.3, -0.25) is 4.79 Å². The zero-order chi connectivity index (χ0) is 18.7. The van der Waals surface area contributed by atoms with E-state index < -0.39 is 5.97 Å². The molecule has 3 aromatic rings. The minimum Gasteiger partial charge on any atom is -0.545 e. The summed E-state index contributed by atoms with van der Waals surface area (Å²) in [7, 11) is 0. The van der Waals surface area contributed by atoms with Gasteiger partial charge in [-0.05, 0) is 54.6 Å². The van der Waals surface area contributed by atoms with E-state index in [1.54, 1.807) is 28.5 Å². The Morgan fingerprint density at radius 2 is 1.92 bits per heavy atom. The molecule has 0 aliphatic rings. The molecule has 0 aliphatic heterocycles. The van der Waals surface area contributed by atoms with Crippen molar-refractivity contribution in [2.45, 2.75) is 18.4 Å². The first-order chi connectivity index (χ1) is 12.5. The molecule has 1 heterocycles. The largest absolute Gasteiger partial charge is 0.545 e. The van der Waals surface area contributed by atoms with Crippen molar-refractivity contribution >= 4 is 40.9 Å². The van der Waals surface area contributed by atoms with Gasteiger partial charge in [0.05, 0.1) is 17.0 Å². The smallest absolute Gasteiger partial charge is 0.276 e. The van der Waals surface area contributed by atoms with Crippen LogP contribution in [0.1, 0.15) is 28.5 Å². The second-order valence-corrected chi connectivity index (χ2v) is 6.52. The number of thioether (sulfide) groups is 1. The number of aryl methyl sites for hydroxylation is 1. The number of aromatic nitrogens is 2. The summed E-state index contributed by atoms with van der Waals surface area (Å²) in [5, 5.41) is 11.1. The van der Waals surface area contributed by atoms with E-state index in [-0.39, 0.29) is 16.8 Å². The second kappa shape index (κ2) is 7.58. The van der Waals surface area contributed by atoms with Gasteiger partial charge in [0.1, 0.15) is 5.69 Å². The second-order valence-electron chi connectivity index (χ2n) is 5.64. The van der Waals surface area contributed by atoms with E-state index in [2.05, 4.69) is 4.98 Å². The molecule has 5 nitrogen and oxygen atoms in total. The molecule has 0 radical (unpaired) electrons. The molecule has 6 heteroatoms. The number of hydrogen-bond donors (Lipinski definition) is 0. The molecule has 0 unspecified atom stereocenters. The molecule has 0 bridgehead atoms. The van der Waals surface area contributed by atoms with E-state index in [0.717, 1.165) is 10.5 Å². The van der Waals surface area contributed by atoms with Crippen molar-refractivity contribution in [2.75, 3.05) is 6.26 Å². The molecule has 0 atom stereocenters. The molecule has 0 aliphatic carbocycles. The maximum Gasteiger partial charge on any atom is 0.276 e. The van der Waals surface area contributed by atoms with Gasteiger partial charge in [0, 0.05) is 11.4 Å². The summed E-state index contributed by atoms with van der Waals surface area (Å²) < 4.78 is 1.58. The number of carbonyl (C=O) groups excluding carboxylic acids is 1. The molecule has 0 fully saturated rings. The first-order valence-corrected chi connectivity index (χ1v) is 9.34. The molecule has 26 heavy (non-hydrogen) atoms. The lowest BCUT2D eigenvalue weighted by atomic mass is 10.1. The lowest BCUT2D eigenvalue weighted by molar-refractivity contribution is -0.255. The third kappa shape index (κ3) is 3.55. The zero-order valence-electron chi connectivity index (χ0n) is 14.4. The van der Waals surface area contributed by atoms with Crippen LogP contribution < -0.4 is 10.7 Å². The Kier molecular flexibility index (Phi) is 5.23. The normalized spacial score (nSPS) is 11.3. The number of nitrogens with zero attached hydrogens (tertiary/aromatic N) is 2. The van der Waals surface area contributed by atoms with Crippen molar-refractivity contribution in [1.29, 1.82) is 0 Å². The van der Waals surface area contributed by atoms with E-state index in [1.807, 2.05) is 43.5 Å². The predicted octanol–water partition coefficient (Wildman–Crippen LogP) is 2.67. The molecule has 2 aromatic carbocycles. The molecule has 0 amide bonds. The maximum atomic E-state index is 12.7. The van der Waals surface area contributed by atoms with Gasteiger partial charge >= 0.3 is 0 Å². The first kappa shape index (κ1) is 17.9. The standard InChI is InChI=1S/C20H18N2O3S/c1-3-22-18-11-7-14(20(24)25)12-17(18)21-16(19(22)23)10-6-13-4-8-15(26-2)9-5-13/h4-12H,3H2,1-2H3,(H,24,25)/p-1/b10-6+. The van der Waals surface area contributed by atoms with Gasteiger partial charge in [-0.1, -0.05) is 24.3 Å². The van der Waals surface area contributed by atoms with Gasteiger partial charge in [-0.2, -0.15) is 0 Å². The number of carboxylic acids is 1. The highest BCUT2D eigenvalue weighted by atomic mass is 32.2. The van der Waals surface area contributed by atoms with Crippen molar-refractivity contribution in [3.05, 3.63) is 69.6 Å². The van der Waals surface area contributed by atoms with Crippen LogP contribution in [0.3, 0.4) is 0 Å². The van der Waals surface area contributed by atoms with Crippen molar-refractivity contribution in [3.63, 3.8) is 0 Å². The van der Waals surface area contributed by atoms with Crippen LogP contribution >= 0.6 is 11.8 Å². The van der Waals surface area contributed by atoms with Crippen LogP contribution in [0.2, 0.25) is 0 Å². The molecular weight excluding hydrogens is 348 g/mol. The van der Waals surface area contributed by atoms with Gasteiger partial charge in [-0.15, -0.1) is 11.8 Å². The monoisotopic (exact) mass is 365 g/mol. The van der Waals surface area contributed by atoms with E-state index in [4.69, 9.17) is 0 Å². The van der Waals surface area contributed by atoms with Crippen molar-refractivity contribution in [3.8, 4) is 0 Å². The summed E-state index contributed by atoms with van der Waals surface area (Å²) in [5.74, 6) is -1.27. The molecule has 0 saturated carbocycles. The summed E-state index contributed by atoms with van der Waals surface area (Å²) in [6, 6.07) is 12.4. The van der Waals surface area contributed by atoms with Gasteiger partial charge in [-0.25, -0.2) is 4.98 Å². The Labute approximate surface area is 155 Å². The van der Waals surface area contributed by atoms with E-state index in [0.29, 0.717) is 17.6 Å². The van der Waals surface area contributed by atoms with Crippen molar-refractivity contribution in [2.24, 2.45) is 0 Å². The molecule has 132 valence electrons. The van der Waals surface area contributed by atoms with E-state index >= 15 is 0 Å². The third-order valence-corrected chi connectivity index (χ3v) is 4.82. The summed E-state index contributed by atoms with van der Waals surface area (Å²) in [5.41, 5.74) is 2.10. The number of carboxylic acid groups (broad SMARTS) is 1. The summed E-state index contributed by atoms with van der Waals surface area (Å²) in [4.78, 5) is 29.3. The van der Waals surface area contributed by atoms with Crippen LogP contribution in [0.25, 0.3) is 23.2 Å². The van der Waals surface area contributed by atoms with Crippen molar-refractivity contribution in [1.82, 2.24) is 9.55 Å². The highest BCUT2D eigenvalue weighted by Crippen LogP contribution is 2.17. The third-order valence-electron chi connectivity index (χ3n) is 4.07. The highest BCUT2D eigenvalue weighted by Gasteiger charge is 2.09. The highest BCUT2D eigenvalue weighted by molar-refractivity contribution is 7.98. The molecular formula is C20H17N2O3S-. The summed E-state index contributed by atoms with van der Waals surface area (Å²) in [6.45, 7) is 2.33. The van der Waals surface area contributed by atoms with Crippen LogP contribution in [-0.2, 0) is 6.54 Å². The summed E-state index contributed by atoms with van der Waals surface area (Å²) >= 11 is 1.66. The number of aromatic carboxylic acids is 1. The fourth-order valence-corrected chi connectivity index (χ4v) is 3.11. The Morgan fingerprint density at radius 1 is 1.19 bits per heavy atom. The Bertz CT molecular complexity index is 1050. The topological polar surface area (TPSA) is 75.0 Å². The molecule has 0 saturated heterocycles. The van der Waals surface area contributed by atoms with Crippen LogP contribution in [0.15, 0.2) is 52.2 Å². The number of benzene rings is 2. The quantitative estimate of drug-likeness (QED) is 0.650. The number of rotatable bonds is 5. The predicted molar refractivity (Wildman–Crippen MR) is 103 cm³/mol. The van der Waals surface area contributed by atoms with Gasteiger partial charge in [0.15, 0.2) is 0 Å². The molecule has 3 rings (SSSR count). The Morgan fingerprint density at radius 3 is 2.54 bits per heavy atom. The van der Waals surface area contributed by atoms with Gasteiger partial charge in [0.2, 0.25) is 0 Å². The fraction of sp³-hybridized carbons (Fsp3) is 0.150. The molecule has 0 spiro atoms. The van der Waals surface area contributed by atoms with Crippen LogP contribution in [0, 0.1) is 0 Å². The molecule has 0 N–H and O–H groups in total. The number of carbonyl (C=O) groups is 1. The average Bonchev–Trinajstić information content (AvgIpc) is 2.66. The van der Waals surface area contributed by atoms with Crippen LogP contribution in [-0.4, -0.2) is 21.8 Å². The maximum absolute atomic E-state index is 12.7. The molecule has 1 aromatic heterocycles. The van der Waals surface area contributed by atoms with Gasteiger partial charge in [0.25, 0.3) is 5.56 Å². The van der Waals surface area contributed by atoms with Crippen LogP contribution in [0.4, 0.5) is 0 Å². The number of fused-ring (bicyclic) bond motifs is 1. The average molecular weight is 365 g/mol. The lowest BCUT2D eigenvalue weighted by Gasteiger charge is -2.10. The SMILES string of the molecule is CCn1c(=O)c(/C=C/c2ccc(SC)cc2)nc2cc(C(=O)[O-])ccc21. The fourth-order valence-electron chi connectivity index (χ4n) is 2.71. The minimum absolute atomic E-state index is 0.0360. The zero-order valence-corrected chi connectivity index (χ0v) is 15.2. The number of hydrogen-bond acceptors (Lipinski definition) is 5. The Balaban J connectivity index is 2.08. The summed E-state index contributed by atoms with van der Waals surface area (Å²) in [6.07, 6.45) is 5.49. The van der Waals surface area contributed by atoms with Crippen LogP contribution in [0.5, 0.6) is 0 Å². The van der Waals surface area contributed by atoms with E-state index in [1.165, 1.54) is 12.1 Å². The van der Waals surface area contributed by atoms with Crippen molar-refractivity contribution < 1.29 is 9.90 Å². The first-order valence-electron chi connectivity index (χ1n) is 8.11.